The van der Waals surface area contributed by atoms with Gasteiger partial charge in [0.1, 0.15) is 0 Å². The second-order valence-corrected chi connectivity index (χ2v) is 8.25. The first kappa shape index (κ1) is 22.3. The van der Waals surface area contributed by atoms with Crippen molar-refractivity contribution in [3.8, 4) is 0 Å². The number of benzene rings is 2. The number of β-amino-alcohol motifs (C(OH)–C–C–N with tert-alkyl or cyclic N) is 1. The van der Waals surface area contributed by atoms with Crippen LogP contribution in [0.2, 0.25) is 0 Å². The number of aliphatic hydroxyl groups excluding tert-OH is 1. The van der Waals surface area contributed by atoms with Crippen LogP contribution in [-0.2, 0) is 0 Å². The molecule has 1 fully saturated rings. The highest BCUT2D eigenvalue weighted by Crippen LogP contribution is 2.28. The molecule has 0 bridgehead atoms. The van der Waals surface area contributed by atoms with E-state index in [1.54, 1.807) is 0 Å². The van der Waals surface area contributed by atoms with Crippen LogP contribution >= 0.6 is 0 Å². The summed E-state index contributed by atoms with van der Waals surface area (Å²) in [6.45, 7) is 5.40. The van der Waals surface area contributed by atoms with Gasteiger partial charge in [-0.05, 0) is 42.7 Å². The second kappa shape index (κ2) is 11.1. The van der Waals surface area contributed by atoms with Crippen molar-refractivity contribution in [3.63, 3.8) is 0 Å². The maximum atomic E-state index is 12.4. The summed E-state index contributed by atoms with van der Waals surface area (Å²) in [5, 5.41) is 12.9. The Labute approximate surface area is 180 Å². The van der Waals surface area contributed by atoms with Gasteiger partial charge in [0.15, 0.2) is 0 Å². The Hall–Kier alpha value is -2.37. The Bertz CT molecular complexity index is 779. The van der Waals surface area contributed by atoms with Crippen molar-refractivity contribution in [3.05, 3.63) is 65.7 Å². The highest BCUT2D eigenvalue weighted by Gasteiger charge is 2.26. The smallest absolute Gasteiger partial charge is 0.251 e. The first-order chi connectivity index (χ1) is 14.6. The molecule has 5 heteroatoms. The second-order valence-electron chi connectivity index (χ2n) is 8.25. The average molecular weight is 410 g/mol. The SMILES string of the molecule is CCCCCNC(=O)c1ccc(N(C)C(CN2CCC(O)C2)c2ccccc2)cc1. The first-order valence-corrected chi connectivity index (χ1v) is 11.1. The molecule has 30 heavy (non-hydrogen) atoms. The highest BCUT2D eigenvalue weighted by molar-refractivity contribution is 5.94. The lowest BCUT2D eigenvalue weighted by molar-refractivity contribution is 0.0953. The molecular formula is C25H35N3O2. The molecule has 0 saturated carbocycles. The van der Waals surface area contributed by atoms with Gasteiger partial charge in [-0.3, -0.25) is 9.69 Å². The topological polar surface area (TPSA) is 55.8 Å². The minimum Gasteiger partial charge on any atom is -0.392 e. The molecule has 1 amide bonds. The van der Waals surface area contributed by atoms with E-state index >= 15 is 0 Å². The summed E-state index contributed by atoms with van der Waals surface area (Å²) in [5.41, 5.74) is 3.02. The van der Waals surface area contributed by atoms with Gasteiger partial charge < -0.3 is 15.3 Å². The van der Waals surface area contributed by atoms with Crippen LogP contribution in [0.3, 0.4) is 0 Å². The van der Waals surface area contributed by atoms with Crippen molar-refractivity contribution < 1.29 is 9.90 Å². The van der Waals surface area contributed by atoms with E-state index in [0.717, 1.165) is 57.5 Å². The van der Waals surface area contributed by atoms with E-state index in [4.69, 9.17) is 0 Å². The number of carbonyl (C=O) groups is 1. The lowest BCUT2D eigenvalue weighted by atomic mass is 10.0. The first-order valence-electron chi connectivity index (χ1n) is 11.1. The van der Waals surface area contributed by atoms with Crippen molar-refractivity contribution in [1.82, 2.24) is 10.2 Å². The van der Waals surface area contributed by atoms with Gasteiger partial charge in [0.25, 0.3) is 5.91 Å². The van der Waals surface area contributed by atoms with E-state index in [-0.39, 0.29) is 18.1 Å². The predicted molar refractivity (Wildman–Crippen MR) is 123 cm³/mol. The lowest BCUT2D eigenvalue weighted by Crippen LogP contribution is -2.36. The largest absolute Gasteiger partial charge is 0.392 e. The summed E-state index contributed by atoms with van der Waals surface area (Å²) < 4.78 is 0. The van der Waals surface area contributed by atoms with Crippen molar-refractivity contribution in [2.75, 3.05) is 38.1 Å². The van der Waals surface area contributed by atoms with Gasteiger partial charge in [-0.25, -0.2) is 0 Å². The lowest BCUT2D eigenvalue weighted by Gasteiger charge is -2.33. The number of rotatable bonds is 10. The van der Waals surface area contributed by atoms with E-state index in [1.165, 1.54) is 5.56 Å². The third-order valence-electron chi connectivity index (χ3n) is 5.93. The molecule has 5 nitrogen and oxygen atoms in total. The normalized spacial score (nSPS) is 17.6. The number of nitrogens with one attached hydrogen (secondary N) is 1. The van der Waals surface area contributed by atoms with Gasteiger partial charge in [-0.2, -0.15) is 0 Å². The summed E-state index contributed by atoms with van der Waals surface area (Å²) in [5.74, 6) is -0.00836. The number of aliphatic hydroxyl groups is 1. The van der Waals surface area contributed by atoms with Gasteiger partial charge in [0, 0.05) is 44.5 Å². The number of carbonyl (C=O) groups excluding carboxylic acids is 1. The van der Waals surface area contributed by atoms with E-state index in [0.29, 0.717) is 5.56 Å². The van der Waals surface area contributed by atoms with Crippen LogP contribution in [0.15, 0.2) is 54.6 Å². The van der Waals surface area contributed by atoms with Crippen molar-refractivity contribution in [2.45, 2.75) is 44.8 Å². The van der Waals surface area contributed by atoms with Crippen LogP contribution in [0.25, 0.3) is 0 Å². The Kier molecular flexibility index (Phi) is 8.29. The minimum absolute atomic E-state index is 0.00836. The Balaban J connectivity index is 1.69. The number of anilines is 1. The highest BCUT2D eigenvalue weighted by atomic mass is 16.3. The molecule has 1 aliphatic rings. The molecule has 0 aromatic heterocycles. The summed E-state index contributed by atoms with van der Waals surface area (Å²) >= 11 is 0. The number of likely N-dealkylation sites (N-methyl/N-ethyl adjacent to an activating group) is 1. The van der Waals surface area contributed by atoms with E-state index in [1.807, 2.05) is 30.3 Å². The fourth-order valence-corrected chi connectivity index (χ4v) is 4.06. The number of likely N-dealkylation sites (tertiary alicyclic amines) is 1. The van der Waals surface area contributed by atoms with Crippen molar-refractivity contribution >= 4 is 11.6 Å². The zero-order chi connectivity index (χ0) is 21.3. The maximum Gasteiger partial charge on any atom is 0.251 e. The molecule has 1 aliphatic heterocycles. The number of hydrogen-bond acceptors (Lipinski definition) is 4. The third kappa shape index (κ3) is 6.07. The quantitative estimate of drug-likeness (QED) is 0.585. The van der Waals surface area contributed by atoms with Crippen LogP contribution in [0.1, 0.15) is 54.6 Å². The predicted octanol–water partition coefficient (Wildman–Crippen LogP) is 3.85. The van der Waals surface area contributed by atoms with Gasteiger partial charge in [0.05, 0.1) is 12.1 Å². The fraction of sp³-hybridized carbons (Fsp3) is 0.480. The minimum atomic E-state index is -0.221. The number of hydrogen-bond donors (Lipinski definition) is 2. The zero-order valence-electron chi connectivity index (χ0n) is 18.3. The van der Waals surface area contributed by atoms with E-state index < -0.39 is 0 Å². The maximum absolute atomic E-state index is 12.4. The van der Waals surface area contributed by atoms with Crippen LogP contribution < -0.4 is 10.2 Å². The molecule has 2 aromatic rings. The zero-order valence-corrected chi connectivity index (χ0v) is 18.3. The Morgan fingerprint density at radius 1 is 1.17 bits per heavy atom. The summed E-state index contributed by atoms with van der Waals surface area (Å²) in [4.78, 5) is 16.9. The summed E-state index contributed by atoms with van der Waals surface area (Å²) in [6.07, 6.45) is 3.93. The molecule has 0 spiro atoms. The van der Waals surface area contributed by atoms with Gasteiger partial charge in [0.2, 0.25) is 0 Å². The fourth-order valence-electron chi connectivity index (χ4n) is 4.06. The average Bonchev–Trinajstić information content (AvgIpc) is 3.20. The van der Waals surface area contributed by atoms with Crippen LogP contribution in [0, 0.1) is 0 Å². The molecule has 1 saturated heterocycles. The number of unbranched alkanes of at least 4 members (excludes halogenated alkanes) is 2. The Morgan fingerprint density at radius 3 is 2.53 bits per heavy atom. The van der Waals surface area contributed by atoms with E-state index in [2.05, 4.69) is 53.4 Å². The van der Waals surface area contributed by atoms with Crippen LogP contribution in [0.4, 0.5) is 5.69 Å². The monoisotopic (exact) mass is 409 g/mol. The molecule has 0 aliphatic carbocycles. The summed E-state index contributed by atoms with van der Waals surface area (Å²) in [7, 11) is 2.10. The number of nitrogens with zero attached hydrogens (tertiary/aromatic N) is 2. The van der Waals surface area contributed by atoms with Crippen molar-refractivity contribution in [1.29, 1.82) is 0 Å². The molecule has 2 aromatic carbocycles. The van der Waals surface area contributed by atoms with Crippen LogP contribution in [-0.4, -0.2) is 55.2 Å². The van der Waals surface area contributed by atoms with Crippen molar-refractivity contribution in [2.24, 2.45) is 0 Å². The molecule has 1 heterocycles. The summed E-state index contributed by atoms with van der Waals surface area (Å²) in [6, 6.07) is 18.5. The molecule has 162 valence electrons. The van der Waals surface area contributed by atoms with Gasteiger partial charge >= 0.3 is 0 Å². The van der Waals surface area contributed by atoms with Gasteiger partial charge in [-0.15, -0.1) is 0 Å². The molecule has 2 unspecified atom stereocenters. The molecule has 2 N–H and O–H groups in total. The van der Waals surface area contributed by atoms with Gasteiger partial charge in [-0.1, -0.05) is 50.1 Å². The molecular weight excluding hydrogens is 374 g/mol. The third-order valence-corrected chi connectivity index (χ3v) is 5.93. The standard InChI is InChI=1S/C25H35N3O2/c1-3-4-8-16-26-25(30)21-11-13-22(14-12-21)27(2)24(20-9-6-5-7-10-20)19-28-17-15-23(29)18-28/h5-7,9-14,23-24,29H,3-4,8,15-19H2,1-2H3,(H,26,30). The molecule has 3 rings (SSSR count). The molecule has 2 atom stereocenters. The van der Waals surface area contributed by atoms with Crippen LogP contribution in [0.5, 0.6) is 0 Å². The Morgan fingerprint density at radius 2 is 1.90 bits per heavy atom. The number of amides is 1. The van der Waals surface area contributed by atoms with E-state index in [9.17, 15) is 9.90 Å². The molecule has 0 radical (unpaired) electrons.